The number of likely N-dealkylation sites (tertiary alicyclic amines) is 1. The molecule has 1 saturated heterocycles. The molecule has 28 heavy (non-hydrogen) atoms. The van der Waals surface area contributed by atoms with E-state index in [9.17, 15) is 4.79 Å². The Morgan fingerprint density at radius 3 is 2.54 bits per heavy atom. The SMILES string of the molecule is CCOc1ccccc1/C=C/C(=O)NCc1ccccc1C[NH+]1CCCCC1. The van der Waals surface area contributed by atoms with Crippen LogP contribution in [-0.4, -0.2) is 25.6 Å². The molecule has 1 heterocycles. The molecular formula is C24H31N2O2+. The van der Waals surface area contributed by atoms with Gasteiger partial charge < -0.3 is 15.0 Å². The number of nitrogens with one attached hydrogen (secondary N) is 2. The van der Waals surface area contributed by atoms with Crippen LogP contribution in [0.2, 0.25) is 0 Å². The summed E-state index contributed by atoms with van der Waals surface area (Å²) in [5.41, 5.74) is 3.45. The van der Waals surface area contributed by atoms with Crippen molar-refractivity contribution in [3.8, 4) is 5.75 Å². The van der Waals surface area contributed by atoms with Crippen LogP contribution in [-0.2, 0) is 17.9 Å². The first-order chi connectivity index (χ1) is 13.8. The summed E-state index contributed by atoms with van der Waals surface area (Å²) < 4.78 is 5.60. The van der Waals surface area contributed by atoms with Gasteiger partial charge in [0.1, 0.15) is 12.3 Å². The van der Waals surface area contributed by atoms with E-state index < -0.39 is 0 Å². The number of rotatable bonds is 8. The number of carbonyl (C=O) groups is 1. The van der Waals surface area contributed by atoms with Crippen molar-refractivity contribution in [2.24, 2.45) is 0 Å². The number of ether oxygens (including phenoxy) is 1. The zero-order chi connectivity index (χ0) is 19.6. The van der Waals surface area contributed by atoms with Crippen LogP contribution in [0.1, 0.15) is 42.9 Å². The summed E-state index contributed by atoms with van der Waals surface area (Å²) in [5, 5.41) is 3.02. The molecule has 0 bridgehead atoms. The topological polar surface area (TPSA) is 42.8 Å². The molecule has 0 aliphatic carbocycles. The van der Waals surface area contributed by atoms with Crippen molar-refractivity contribution in [2.75, 3.05) is 19.7 Å². The molecule has 2 aromatic rings. The maximum atomic E-state index is 12.3. The quantitative estimate of drug-likeness (QED) is 0.693. The van der Waals surface area contributed by atoms with Gasteiger partial charge in [0.05, 0.1) is 19.7 Å². The van der Waals surface area contributed by atoms with E-state index in [-0.39, 0.29) is 5.91 Å². The molecule has 0 unspecified atom stereocenters. The van der Waals surface area contributed by atoms with E-state index in [0.717, 1.165) is 17.9 Å². The fourth-order valence-corrected chi connectivity index (χ4v) is 3.71. The van der Waals surface area contributed by atoms with Gasteiger partial charge in [-0.2, -0.15) is 0 Å². The molecule has 2 aromatic carbocycles. The number of piperidine rings is 1. The van der Waals surface area contributed by atoms with Gasteiger partial charge in [0.2, 0.25) is 5.91 Å². The molecule has 1 fully saturated rings. The number of quaternary nitrogens is 1. The van der Waals surface area contributed by atoms with Crippen molar-refractivity contribution in [1.29, 1.82) is 0 Å². The van der Waals surface area contributed by atoms with Crippen molar-refractivity contribution in [1.82, 2.24) is 5.32 Å². The van der Waals surface area contributed by atoms with E-state index in [0.29, 0.717) is 13.2 Å². The second-order valence-corrected chi connectivity index (χ2v) is 7.28. The molecule has 3 rings (SSSR count). The van der Waals surface area contributed by atoms with Gasteiger partial charge in [-0.25, -0.2) is 0 Å². The van der Waals surface area contributed by atoms with Crippen LogP contribution in [0, 0.1) is 0 Å². The molecule has 1 aliphatic rings. The number of benzene rings is 2. The van der Waals surface area contributed by atoms with Crippen LogP contribution in [0.3, 0.4) is 0 Å². The predicted octanol–water partition coefficient (Wildman–Crippen LogP) is 2.98. The number of amides is 1. The molecule has 4 nitrogen and oxygen atoms in total. The zero-order valence-electron chi connectivity index (χ0n) is 16.7. The highest BCUT2D eigenvalue weighted by Crippen LogP contribution is 2.19. The lowest BCUT2D eigenvalue weighted by Crippen LogP contribution is -3.11. The van der Waals surface area contributed by atoms with E-state index in [4.69, 9.17) is 4.74 Å². The fraction of sp³-hybridized carbons (Fsp3) is 0.375. The van der Waals surface area contributed by atoms with Gasteiger partial charge in [0, 0.05) is 23.7 Å². The lowest BCUT2D eigenvalue weighted by molar-refractivity contribution is -0.918. The Bertz CT molecular complexity index is 795. The summed E-state index contributed by atoms with van der Waals surface area (Å²) >= 11 is 0. The van der Waals surface area contributed by atoms with E-state index in [1.165, 1.54) is 43.5 Å². The number of hydrogen-bond donors (Lipinski definition) is 2. The third-order valence-electron chi connectivity index (χ3n) is 5.21. The van der Waals surface area contributed by atoms with Gasteiger partial charge in [-0.15, -0.1) is 0 Å². The lowest BCUT2D eigenvalue weighted by Gasteiger charge is -2.24. The number of hydrogen-bond acceptors (Lipinski definition) is 2. The van der Waals surface area contributed by atoms with Crippen molar-refractivity contribution < 1.29 is 14.4 Å². The Labute approximate surface area is 168 Å². The normalized spacial score (nSPS) is 14.9. The number of para-hydroxylation sites is 1. The minimum absolute atomic E-state index is 0.0913. The van der Waals surface area contributed by atoms with Crippen LogP contribution in [0.5, 0.6) is 5.75 Å². The smallest absolute Gasteiger partial charge is 0.244 e. The van der Waals surface area contributed by atoms with Gasteiger partial charge in [-0.05, 0) is 43.9 Å². The average molecular weight is 380 g/mol. The first-order valence-corrected chi connectivity index (χ1v) is 10.3. The van der Waals surface area contributed by atoms with Crippen LogP contribution < -0.4 is 15.0 Å². The van der Waals surface area contributed by atoms with E-state index >= 15 is 0 Å². The molecule has 0 saturated carbocycles. The highest BCUT2D eigenvalue weighted by molar-refractivity contribution is 5.92. The summed E-state index contributed by atoms with van der Waals surface area (Å²) in [4.78, 5) is 14.0. The maximum absolute atomic E-state index is 12.3. The van der Waals surface area contributed by atoms with E-state index in [2.05, 4.69) is 23.5 Å². The second kappa shape index (κ2) is 10.7. The fourth-order valence-electron chi connectivity index (χ4n) is 3.71. The molecule has 1 amide bonds. The molecule has 0 aromatic heterocycles. The summed E-state index contributed by atoms with van der Waals surface area (Å²) in [6.07, 6.45) is 7.39. The largest absolute Gasteiger partial charge is 0.493 e. The second-order valence-electron chi connectivity index (χ2n) is 7.28. The first-order valence-electron chi connectivity index (χ1n) is 10.3. The van der Waals surface area contributed by atoms with E-state index in [1.807, 2.05) is 43.3 Å². The molecule has 0 atom stereocenters. The molecule has 2 N–H and O–H groups in total. The Kier molecular flexibility index (Phi) is 7.68. The van der Waals surface area contributed by atoms with Gasteiger partial charge in [-0.3, -0.25) is 4.79 Å². The summed E-state index contributed by atoms with van der Waals surface area (Å²) in [6, 6.07) is 16.2. The lowest BCUT2D eigenvalue weighted by atomic mass is 10.0. The van der Waals surface area contributed by atoms with E-state index in [1.54, 1.807) is 11.0 Å². The monoisotopic (exact) mass is 379 g/mol. The van der Waals surface area contributed by atoms with Crippen molar-refractivity contribution in [3.05, 3.63) is 71.3 Å². The molecule has 1 aliphatic heterocycles. The highest BCUT2D eigenvalue weighted by atomic mass is 16.5. The minimum Gasteiger partial charge on any atom is -0.493 e. The zero-order valence-corrected chi connectivity index (χ0v) is 16.7. The standard InChI is InChI=1S/C24H30N2O2/c1-2-28-23-13-7-6-10-20(23)14-15-24(27)25-18-21-11-4-5-12-22(21)19-26-16-8-3-9-17-26/h4-7,10-15H,2-3,8-9,16-19H2,1H3,(H,25,27)/p+1/b15-14+. The summed E-state index contributed by atoms with van der Waals surface area (Å²) in [6.45, 7) is 6.66. The third-order valence-corrected chi connectivity index (χ3v) is 5.21. The molecule has 0 radical (unpaired) electrons. The Hall–Kier alpha value is -2.59. The Morgan fingerprint density at radius 2 is 1.75 bits per heavy atom. The van der Waals surface area contributed by atoms with Crippen molar-refractivity contribution in [3.63, 3.8) is 0 Å². The average Bonchev–Trinajstić information content (AvgIpc) is 2.73. The molecule has 4 heteroatoms. The third kappa shape index (κ3) is 5.96. The van der Waals surface area contributed by atoms with Gasteiger partial charge in [-0.1, -0.05) is 42.5 Å². The van der Waals surface area contributed by atoms with Crippen LogP contribution >= 0.6 is 0 Å². The molecule has 0 spiro atoms. The van der Waals surface area contributed by atoms with Crippen LogP contribution in [0.4, 0.5) is 0 Å². The Morgan fingerprint density at radius 1 is 1.04 bits per heavy atom. The van der Waals surface area contributed by atoms with Crippen LogP contribution in [0.25, 0.3) is 6.08 Å². The highest BCUT2D eigenvalue weighted by Gasteiger charge is 2.15. The van der Waals surface area contributed by atoms with Gasteiger partial charge in [0.25, 0.3) is 0 Å². The van der Waals surface area contributed by atoms with Gasteiger partial charge in [0.15, 0.2) is 0 Å². The molecule has 148 valence electrons. The Balaban J connectivity index is 1.57. The predicted molar refractivity (Wildman–Crippen MR) is 113 cm³/mol. The number of carbonyl (C=O) groups excluding carboxylic acids is 1. The summed E-state index contributed by atoms with van der Waals surface area (Å²) in [7, 11) is 0. The van der Waals surface area contributed by atoms with Crippen molar-refractivity contribution in [2.45, 2.75) is 39.3 Å². The maximum Gasteiger partial charge on any atom is 0.244 e. The first kappa shape index (κ1) is 20.2. The van der Waals surface area contributed by atoms with Gasteiger partial charge >= 0.3 is 0 Å². The summed E-state index contributed by atoms with van der Waals surface area (Å²) in [5.74, 6) is 0.704. The van der Waals surface area contributed by atoms with Crippen molar-refractivity contribution >= 4 is 12.0 Å². The molecular weight excluding hydrogens is 348 g/mol. The minimum atomic E-state index is -0.0913. The van der Waals surface area contributed by atoms with Crippen LogP contribution in [0.15, 0.2) is 54.6 Å².